The minimum absolute atomic E-state index is 0.240. The van der Waals surface area contributed by atoms with Gasteiger partial charge in [0.05, 0.1) is 17.9 Å². The molecule has 2 rings (SSSR count). The second-order valence-electron chi connectivity index (χ2n) is 3.76. The minimum atomic E-state index is -0.313. The summed E-state index contributed by atoms with van der Waals surface area (Å²) in [6, 6.07) is 7.48. The van der Waals surface area contributed by atoms with E-state index in [4.69, 9.17) is 4.42 Å². The largest absolute Gasteiger partial charge is 0.472 e. The van der Waals surface area contributed by atoms with Crippen LogP contribution in [0.25, 0.3) is 0 Å². The average Bonchev–Trinajstić information content (AvgIpc) is 2.82. The first-order valence-corrected chi connectivity index (χ1v) is 5.25. The van der Waals surface area contributed by atoms with Crippen LogP contribution in [0.15, 0.2) is 47.3 Å². The summed E-state index contributed by atoms with van der Waals surface area (Å²) in [5.41, 5.74) is 1.18. The molecule has 0 aliphatic heterocycles. The first-order valence-electron chi connectivity index (χ1n) is 5.25. The van der Waals surface area contributed by atoms with E-state index < -0.39 is 0 Å². The molecule has 0 bridgehead atoms. The Morgan fingerprint density at radius 2 is 2.24 bits per heavy atom. The first-order chi connectivity index (χ1) is 8.16. The number of nitrogens with one attached hydrogen (secondary N) is 1. The molecule has 1 atom stereocenters. The third-order valence-corrected chi connectivity index (χ3v) is 2.48. The monoisotopic (exact) mass is 233 g/mol. The molecule has 0 aliphatic carbocycles. The first kappa shape index (κ1) is 11.4. The third-order valence-electron chi connectivity index (χ3n) is 2.48. The summed E-state index contributed by atoms with van der Waals surface area (Å²) in [6.07, 6.45) is 2.80. The van der Waals surface area contributed by atoms with Gasteiger partial charge in [0.2, 0.25) is 0 Å². The fourth-order valence-electron chi connectivity index (χ4n) is 1.53. The summed E-state index contributed by atoms with van der Waals surface area (Å²) in [5.74, 6) is -0.553. The standard InChI is InChI=1S/C13H12FNO2/c1-9(10-3-2-4-12(14)7-10)15-13(16)11-5-6-17-8-11/h2-9H,1H3,(H,15,16). The van der Waals surface area contributed by atoms with Gasteiger partial charge in [0.1, 0.15) is 12.1 Å². The molecule has 0 fully saturated rings. The van der Waals surface area contributed by atoms with E-state index in [9.17, 15) is 9.18 Å². The molecule has 1 aromatic carbocycles. The van der Waals surface area contributed by atoms with Gasteiger partial charge in [-0.2, -0.15) is 0 Å². The molecule has 88 valence electrons. The Kier molecular flexibility index (Phi) is 3.23. The molecule has 0 saturated carbocycles. The van der Waals surface area contributed by atoms with Crippen LogP contribution in [-0.2, 0) is 0 Å². The van der Waals surface area contributed by atoms with Gasteiger partial charge in [-0.05, 0) is 30.7 Å². The van der Waals surface area contributed by atoms with E-state index in [1.165, 1.54) is 24.7 Å². The number of carbonyl (C=O) groups excluding carboxylic acids is 1. The van der Waals surface area contributed by atoms with Crippen LogP contribution in [0, 0.1) is 5.82 Å². The average molecular weight is 233 g/mol. The van der Waals surface area contributed by atoms with E-state index in [0.29, 0.717) is 5.56 Å². The number of hydrogen-bond acceptors (Lipinski definition) is 2. The molecule has 17 heavy (non-hydrogen) atoms. The highest BCUT2D eigenvalue weighted by atomic mass is 19.1. The number of rotatable bonds is 3. The number of furan rings is 1. The van der Waals surface area contributed by atoms with Crippen LogP contribution in [0.3, 0.4) is 0 Å². The highest BCUT2D eigenvalue weighted by Gasteiger charge is 2.12. The molecular formula is C13H12FNO2. The van der Waals surface area contributed by atoms with E-state index >= 15 is 0 Å². The lowest BCUT2D eigenvalue weighted by atomic mass is 10.1. The van der Waals surface area contributed by atoms with Crippen molar-refractivity contribution in [2.45, 2.75) is 13.0 Å². The summed E-state index contributed by atoms with van der Waals surface area (Å²) in [7, 11) is 0. The van der Waals surface area contributed by atoms with E-state index in [1.807, 2.05) is 0 Å². The number of carbonyl (C=O) groups is 1. The Labute approximate surface area is 98.3 Å². The van der Waals surface area contributed by atoms with Crippen molar-refractivity contribution >= 4 is 5.91 Å². The van der Waals surface area contributed by atoms with Crippen molar-refractivity contribution in [2.24, 2.45) is 0 Å². The predicted molar refractivity (Wildman–Crippen MR) is 61.0 cm³/mol. The second kappa shape index (κ2) is 4.82. The Hall–Kier alpha value is -2.10. The normalized spacial score (nSPS) is 12.1. The summed E-state index contributed by atoms with van der Waals surface area (Å²) in [6.45, 7) is 1.80. The fraction of sp³-hybridized carbons (Fsp3) is 0.154. The summed E-state index contributed by atoms with van der Waals surface area (Å²) in [4.78, 5) is 11.7. The van der Waals surface area contributed by atoms with Gasteiger partial charge in [0, 0.05) is 0 Å². The fourth-order valence-corrected chi connectivity index (χ4v) is 1.53. The van der Waals surface area contributed by atoms with Crippen LogP contribution in [0.4, 0.5) is 4.39 Å². The Balaban J connectivity index is 2.07. The molecule has 2 aromatic rings. The van der Waals surface area contributed by atoms with Crippen molar-refractivity contribution in [1.82, 2.24) is 5.32 Å². The van der Waals surface area contributed by atoms with E-state index in [1.54, 1.807) is 25.1 Å². The van der Waals surface area contributed by atoms with Crippen LogP contribution < -0.4 is 5.32 Å². The maximum atomic E-state index is 13.0. The lowest BCUT2D eigenvalue weighted by molar-refractivity contribution is 0.0939. The number of hydrogen-bond donors (Lipinski definition) is 1. The SMILES string of the molecule is CC(NC(=O)c1ccoc1)c1cccc(F)c1. The van der Waals surface area contributed by atoms with Crippen LogP contribution in [-0.4, -0.2) is 5.91 Å². The summed E-state index contributed by atoms with van der Waals surface area (Å²) < 4.78 is 17.8. The molecule has 0 aliphatic rings. The topological polar surface area (TPSA) is 42.2 Å². The van der Waals surface area contributed by atoms with Crippen LogP contribution in [0.5, 0.6) is 0 Å². The van der Waals surface area contributed by atoms with E-state index in [2.05, 4.69) is 5.32 Å². The van der Waals surface area contributed by atoms with Crippen LogP contribution >= 0.6 is 0 Å². The Morgan fingerprint density at radius 1 is 1.41 bits per heavy atom. The quantitative estimate of drug-likeness (QED) is 0.885. The van der Waals surface area contributed by atoms with Crippen molar-refractivity contribution in [3.63, 3.8) is 0 Å². The third kappa shape index (κ3) is 2.72. The minimum Gasteiger partial charge on any atom is -0.472 e. The summed E-state index contributed by atoms with van der Waals surface area (Å²) >= 11 is 0. The lowest BCUT2D eigenvalue weighted by Gasteiger charge is -2.13. The number of amides is 1. The highest BCUT2D eigenvalue weighted by molar-refractivity contribution is 5.93. The Morgan fingerprint density at radius 3 is 2.88 bits per heavy atom. The van der Waals surface area contributed by atoms with Gasteiger partial charge in [0.15, 0.2) is 0 Å². The zero-order chi connectivity index (χ0) is 12.3. The molecule has 0 spiro atoms. The molecule has 1 N–H and O–H groups in total. The van der Waals surface area contributed by atoms with Gasteiger partial charge < -0.3 is 9.73 Å². The molecule has 1 heterocycles. The molecule has 1 unspecified atom stereocenters. The highest BCUT2D eigenvalue weighted by Crippen LogP contribution is 2.14. The van der Waals surface area contributed by atoms with E-state index in [-0.39, 0.29) is 17.8 Å². The molecular weight excluding hydrogens is 221 g/mol. The molecule has 1 aromatic heterocycles. The molecule has 3 nitrogen and oxygen atoms in total. The maximum absolute atomic E-state index is 13.0. The van der Waals surface area contributed by atoms with Gasteiger partial charge in [-0.3, -0.25) is 4.79 Å². The molecule has 1 amide bonds. The van der Waals surface area contributed by atoms with Gasteiger partial charge in [-0.25, -0.2) is 4.39 Å². The Bertz CT molecular complexity index is 508. The van der Waals surface area contributed by atoms with Gasteiger partial charge >= 0.3 is 0 Å². The molecule has 4 heteroatoms. The summed E-state index contributed by atoms with van der Waals surface area (Å²) in [5, 5.41) is 2.76. The predicted octanol–water partition coefficient (Wildman–Crippen LogP) is 2.91. The zero-order valence-electron chi connectivity index (χ0n) is 9.31. The van der Waals surface area contributed by atoms with Gasteiger partial charge in [-0.15, -0.1) is 0 Å². The molecule has 0 saturated heterocycles. The van der Waals surface area contributed by atoms with Crippen molar-refractivity contribution in [3.05, 3.63) is 59.8 Å². The number of benzene rings is 1. The molecule has 0 radical (unpaired) electrons. The number of halogens is 1. The van der Waals surface area contributed by atoms with Crippen molar-refractivity contribution < 1.29 is 13.6 Å². The maximum Gasteiger partial charge on any atom is 0.255 e. The smallest absolute Gasteiger partial charge is 0.255 e. The van der Waals surface area contributed by atoms with Gasteiger partial charge in [0.25, 0.3) is 5.91 Å². The van der Waals surface area contributed by atoms with Crippen molar-refractivity contribution in [1.29, 1.82) is 0 Å². The van der Waals surface area contributed by atoms with Crippen molar-refractivity contribution in [3.8, 4) is 0 Å². The van der Waals surface area contributed by atoms with Crippen LogP contribution in [0.1, 0.15) is 28.9 Å². The van der Waals surface area contributed by atoms with Crippen molar-refractivity contribution in [2.75, 3.05) is 0 Å². The van der Waals surface area contributed by atoms with E-state index in [0.717, 1.165) is 5.56 Å². The lowest BCUT2D eigenvalue weighted by Crippen LogP contribution is -2.26. The zero-order valence-corrected chi connectivity index (χ0v) is 9.31. The van der Waals surface area contributed by atoms with Crippen LogP contribution in [0.2, 0.25) is 0 Å². The second-order valence-corrected chi connectivity index (χ2v) is 3.76. The van der Waals surface area contributed by atoms with Gasteiger partial charge in [-0.1, -0.05) is 12.1 Å².